The third kappa shape index (κ3) is 10.8. The molecule has 0 bridgehead atoms. The smallest absolute Gasteiger partial charge is 0 e. The Morgan fingerprint density at radius 3 is 1.20 bits per heavy atom. The second-order valence-corrected chi connectivity index (χ2v) is 1.08. The molecular weight excluding hydrogens is 215 g/mol. The second kappa shape index (κ2) is 15.9. The first-order valence-corrected chi connectivity index (χ1v) is 1.91. The first-order valence-electron chi connectivity index (χ1n) is 1.91. The van der Waals surface area contributed by atoms with E-state index < -0.39 is 0 Å². The van der Waals surface area contributed by atoms with Gasteiger partial charge in [-0.3, -0.25) is 0 Å². The maximum absolute atomic E-state index is 2.89. The molecule has 0 N–H and O–H groups in total. The zero-order valence-corrected chi connectivity index (χ0v) is 8.26. The van der Waals surface area contributed by atoms with Crippen LogP contribution in [0, 0.1) is 28.3 Å². The van der Waals surface area contributed by atoms with Gasteiger partial charge in [-0.15, -0.1) is 0 Å². The van der Waals surface area contributed by atoms with Crippen molar-refractivity contribution in [2.24, 2.45) is 0 Å². The van der Waals surface area contributed by atoms with Crippen molar-refractivity contribution in [3.8, 4) is 0 Å². The number of hydrogen-bond donors (Lipinski definition) is 0. The Morgan fingerprint density at radius 1 is 0.700 bits per heavy atom. The van der Waals surface area contributed by atoms with Crippen LogP contribution in [-0.2, 0) is 20.4 Å². The Labute approximate surface area is 79.3 Å². The molecule has 0 spiro atoms. The third-order valence-corrected chi connectivity index (χ3v) is 0.607. The van der Waals surface area contributed by atoms with E-state index in [2.05, 4.69) is 6.07 Å². The van der Waals surface area contributed by atoms with Crippen LogP contribution in [0.25, 0.3) is 0 Å². The van der Waals surface area contributed by atoms with Crippen LogP contribution >= 0.6 is 0 Å². The van der Waals surface area contributed by atoms with E-state index in [1.54, 1.807) is 0 Å². The van der Waals surface area contributed by atoms with Crippen LogP contribution in [0.4, 0.5) is 0 Å². The van der Waals surface area contributed by atoms with Gasteiger partial charge in [0.15, 0.2) is 0 Å². The van der Waals surface area contributed by atoms with Gasteiger partial charge >= 0.3 is 0 Å². The minimum absolute atomic E-state index is 0. The third-order valence-electron chi connectivity index (χ3n) is 0.607. The van der Waals surface area contributed by atoms with Crippen LogP contribution in [0.3, 0.4) is 0 Å². The minimum Gasteiger partial charge on any atom is -0.358 e. The van der Waals surface area contributed by atoms with Gasteiger partial charge in [0.05, 0.1) is 0 Å². The van der Waals surface area contributed by atoms with Crippen LogP contribution in [-0.4, -0.2) is 0 Å². The maximum atomic E-state index is 2.89. The van der Waals surface area contributed by atoms with Crippen molar-refractivity contribution in [2.75, 3.05) is 0 Å². The molecule has 0 unspecified atom stereocenters. The molecule has 10 heavy (non-hydrogen) atoms. The van der Waals surface area contributed by atoms with E-state index >= 15 is 0 Å². The van der Waals surface area contributed by atoms with Crippen molar-refractivity contribution >= 4 is 0 Å². The summed E-state index contributed by atoms with van der Waals surface area (Å²) in [6, 6.07) is 12.5. The van der Waals surface area contributed by atoms with Crippen molar-refractivity contribution in [3.05, 3.63) is 58.7 Å². The monoisotopic (exact) mass is 228 g/mol. The number of hydrogen-bond acceptors (Lipinski definition) is 0. The molecule has 0 atom stereocenters. The molecule has 0 aliphatic rings. The maximum Gasteiger partial charge on any atom is 0 e. The van der Waals surface area contributed by atoms with Gasteiger partial charge in [0, 0.05) is 20.4 Å². The molecule has 0 amide bonds. The zero-order chi connectivity index (χ0) is 4.24. The van der Waals surface area contributed by atoms with Crippen LogP contribution < -0.4 is 0 Å². The van der Waals surface area contributed by atoms with Crippen molar-refractivity contribution in [1.29, 1.82) is 0 Å². The molecule has 0 heterocycles. The topological polar surface area (TPSA) is 0 Å². The average molecular weight is 229 g/mol. The van der Waals surface area contributed by atoms with E-state index in [4.69, 9.17) is 0 Å². The van der Waals surface area contributed by atoms with Gasteiger partial charge in [-0.05, 0) is 0 Å². The van der Waals surface area contributed by atoms with Gasteiger partial charge in [-0.1, -0.05) is 0 Å². The molecule has 0 saturated heterocycles. The summed E-state index contributed by atoms with van der Waals surface area (Å²) < 4.78 is 0. The van der Waals surface area contributed by atoms with Gasteiger partial charge in [-0.25, -0.2) is 0 Å². The quantitative estimate of drug-likeness (QED) is 0.473. The Hall–Kier alpha value is -0.118. The molecule has 64 valence electrons. The summed E-state index contributed by atoms with van der Waals surface area (Å²) in [7, 11) is 0. The first kappa shape index (κ1) is 22.5. The Balaban J connectivity index is -0.0000000450. The van der Waals surface area contributed by atoms with E-state index in [9.17, 15) is 0 Å². The van der Waals surface area contributed by atoms with Gasteiger partial charge in [-0.2, -0.15) is 36.4 Å². The van der Waals surface area contributed by atoms with Crippen molar-refractivity contribution < 1.29 is 20.4 Å². The summed E-state index contributed by atoms with van der Waals surface area (Å²) in [6.07, 6.45) is 0. The average Bonchev–Trinajstić information content (AvgIpc) is 1.72. The second-order valence-electron chi connectivity index (χ2n) is 1.08. The van der Waals surface area contributed by atoms with Crippen LogP contribution in [0.5, 0.6) is 0 Å². The zero-order valence-electron chi connectivity index (χ0n) is 6.70. The molecule has 0 fully saturated rings. The molecule has 0 saturated carbocycles. The summed E-state index contributed by atoms with van der Waals surface area (Å²) in [5.41, 5.74) is 0. The van der Waals surface area contributed by atoms with E-state index in [0.717, 1.165) is 0 Å². The van der Waals surface area contributed by atoms with Gasteiger partial charge in [0.25, 0.3) is 0 Å². The molecular formula is C9H14Pd-4. The molecule has 1 aromatic rings. The molecule has 1 aromatic carbocycles. The van der Waals surface area contributed by atoms with E-state index in [-0.39, 0.29) is 42.7 Å². The first-order chi connectivity index (χ1) is 3.00. The molecule has 0 aromatic heterocycles. The number of rotatable bonds is 0. The predicted molar refractivity (Wildman–Crippen MR) is 44.5 cm³/mol. The van der Waals surface area contributed by atoms with Crippen LogP contribution in [0.15, 0.2) is 30.3 Å². The van der Waals surface area contributed by atoms with E-state index in [0.29, 0.717) is 0 Å². The largest absolute Gasteiger partial charge is 0.358 e. The number of benzene rings is 1. The Morgan fingerprint density at radius 2 is 1.10 bits per heavy atom. The summed E-state index contributed by atoms with van der Waals surface area (Å²) >= 11 is 0. The molecule has 0 aliphatic heterocycles. The predicted octanol–water partition coefficient (Wildman–Crippen LogP) is 2.84. The fourth-order valence-electron chi connectivity index (χ4n) is 0.342. The standard InChI is InChI=1S/C6H5.3CH3.Pd/c1-2-4-6-5-3-1;;;;/h1-5H;3*1H3;/q4*-1;. The SMILES string of the molecule is [CH3-].[CH3-].[CH3-].[Pd].[c-]1ccccc1. The van der Waals surface area contributed by atoms with Crippen molar-refractivity contribution in [1.82, 2.24) is 0 Å². The molecule has 1 rings (SSSR count). The van der Waals surface area contributed by atoms with Crippen molar-refractivity contribution in [3.63, 3.8) is 0 Å². The minimum atomic E-state index is 0. The molecule has 0 aliphatic carbocycles. The van der Waals surface area contributed by atoms with E-state index in [1.807, 2.05) is 30.3 Å². The van der Waals surface area contributed by atoms with Crippen LogP contribution in [0.2, 0.25) is 0 Å². The Bertz CT molecular complexity index is 76.7. The van der Waals surface area contributed by atoms with Crippen molar-refractivity contribution in [2.45, 2.75) is 0 Å². The summed E-state index contributed by atoms with van der Waals surface area (Å²) in [5, 5.41) is 0. The fraction of sp³-hybridized carbons (Fsp3) is 0. The van der Waals surface area contributed by atoms with Gasteiger partial charge in [0.1, 0.15) is 0 Å². The molecule has 1 heteroatoms. The Kier molecular flexibility index (Phi) is 35.9. The summed E-state index contributed by atoms with van der Waals surface area (Å²) in [5.74, 6) is 0. The van der Waals surface area contributed by atoms with Gasteiger partial charge in [0.2, 0.25) is 0 Å². The van der Waals surface area contributed by atoms with Crippen LogP contribution in [0.1, 0.15) is 0 Å². The normalized spacial score (nSPS) is 4.80. The summed E-state index contributed by atoms with van der Waals surface area (Å²) in [4.78, 5) is 0. The van der Waals surface area contributed by atoms with E-state index in [1.165, 1.54) is 0 Å². The fourth-order valence-corrected chi connectivity index (χ4v) is 0.342. The molecule has 0 nitrogen and oxygen atoms in total. The summed E-state index contributed by atoms with van der Waals surface area (Å²) in [6.45, 7) is 0. The van der Waals surface area contributed by atoms with Gasteiger partial charge < -0.3 is 22.3 Å². The molecule has 0 radical (unpaired) electrons.